The molecule has 2 aromatic rings. The Bertz CT molecular complexity index is 3930. The number of H-pyrrole nitrogens is 1. The van der Waals surface area contributed by atoms with Crippen molar-refractivity contribution in [2.24, 2.45) is 34.8 Å². The lowest BCUT2D eigenvalue weighted by atomic mass is 10.0. The number of imidazole rings is 1. The predicted molar refractivity (Wildman–Crippen MR) is 419 cm³/mol. The molecule has 119 heavy (non-hydrogen) atoms. The molecule has 1 aromatic carbocycles. The van der Waals surface area contributed by atoms with Gasteiger partial charge in [0, 0.05) is 51.6 Å². The maximum absolute atomic E-state index is 14.7. The normalized spacial score (nSPS) is 17.2. The Morgan fingerprint density at radius 1 is 0.504 bits per heavy atom. The van der Waals surface area contributed by atoms with Crippen LogP contribution in [0.5, 0.6) is 0 Å². The van der Waals surface area contributed by atoms with Gasteiger partial charge in [-0.2, -0.15) is 0 Å². The van der Waals surface area contributed by atoms with Gasteiger partial charge >= 0.3 is 17.9 Å². The highest BCUT2D eigenvalue weighted by atomic mass is 16.4. The second-order valence-corrected chi connectivity index (χ2v) is 29.8. The SMILES string of the molecule is CC(C)C[C@H](NC(=O)[C@H](CC(=O)O)NC(=O)[C@H](Cc1ccccc1)NC(=O)[C@H](CCCCN)NC(=O)CNC(=O)[C@H](Cc1c[nH]cn1)NC(=O)[C@@H]1CCCN1C(=O)[C@H](CC(=O)O)NC(=O)CNC(=O)[C@H](CCC(N)=O)NC(=O)[C@H](CCCNC(=N)N)NC(=O)CN)C(=O)N1CCC[C@H]1C(=O)N1CCC[C@H]1C(=O)NCC(=O)N[C@H](C(=O)O)C(C)C. The molecule has 3 aliphatic rings. The summed E-state index contributed by atoms with van der Waals surface area (Å²) in [5.41, 5.74) is 22.6. The van der Waals surface area contributed by atoms with Crippen molar-refractivity contribution in [3.8, 4) is 0 Å². The number of aromatic nitrogens is 2. The molecule has 12 atom stereocenters. The first-order chi connectivity index (χ1) is 56.4. The predicted octanol–water partition coefficient (Wildman–Crippen LogP) is -7.77. The van der Waals surface area contributed by atoms with Gasteiger partial charge in [-0.25, -0.2) is 9.78 Å². The van der Waals surface area contributed by atoms with Crippen molar-refractivity contribution in [1.29, 1.82) is 5.41 Å². The Hall–Kier alpha value is -12.4. The largest absolute Gasteiger partial charge is 0.481 e. The van der Waals surface area contributed by atoms with E-state index in [9.17, 15) is 106 Å². The summed E-state index contributed by atoms with van der Waals surface area (Å²) in [4.78, 5) is 267. The zero-order valence-electron chi connectivity index (χ0n) is 66.9. The second-order valence-electron chi connectivity index (χ2n) is 29.8. The van der Waals surface area contributed by atoms with E-state index in [1.54, 1.807) is 58.0 Å². The number of guanidine groups is 1. The van der Waals surface area contributed by atoms with Crippen molar-refractivity contribution in [3.05, 3.63) is 54.1 Å². The number of hydrogen-bond acceptors (Lipinski definition) is 23. The molecule has 0 saturated carbocycles. The van der Waals surface area contributed by atoms with Crippen LogP contribution in [0.2, 0.25) is 0 Å². The molecule has 1 aromatic heterocycles. The Balaban J connectivity index is 1.27. The number of unbranched alkanes of at least 4 members (excludes halogenated alkanes) is 1. The van der Waals surface area contributed by atoms with Crippen LogP contribution in [-0.4, -0.2) is 290 Å². The minimum Gasteiger partial charge on any atom is -0.481 e. The maximum atomic E-state index is 14.7. The van der Waals surface area contributed by atoms with E-state index in [4.69, 9.17) is 28.3 Å². The number of carbonyl (C=O) groups excluding carboxylic acids is 16. The number of nitrogens with two attached hydrogens (primary N) is 4. The molecule has 45 heteroatoms. The number of nitrogens with one attached hydrogen (secondary N) is 15. The summed E-state index contributed by atoms with van der Waals surface area (Å²) in [6.45, 7) is 4.04. The van der Waals surface area contributed by atoms with Crippen molar-refractivity contribution in [2.75, 3.05) is 58.9 Å². The third kappa shape index (κ3) is 32.5. The number of aliphatic carboxylic acids is 3. The number of rotatable bonds is 50. The van der Waals surface area contributed by atoms with Crippen LogP contribution in [0.25, 0.3) is 0 Å². The van der Waals surface area contributed by atoms with Crippen LogP contribution in [0.1, 0.15) is 142 Å². The number of likely N-dealkylation sites (tertiary alicyclic amines) is 3. The third-order valence-electron chi connectivity index (χ3n) is 19.6. The highest BCUT2D eigenvalue weighted by Gasteiger charge is 2.46. The molecule has 45 nitrogen and oxygen atoms in total. The fraction of sp³-hybridized carbons (Fsp3) is 0.608. The van der Waals surface area contributed by atoms with E-state index in [1.165, 1.54) is 22.3 Å². The van der Waals surface area contributed by atoms with Crippen LogP contribution in [-0.2, 0) is 104 Å². The van der Waals surface area contributed by atoms with Gasteiger partial charge in [0.05, 0.1) is 51.0 Å². The first kappa shape index (κ1) is 97.1. The average molecular weight is 1680 g/mol. The molecule has 3 aliphatic heterocycles. The molecule has 0 radical (unpaired) electrons. The molecule has 5 rings (SSSR count). The number of amides is 16. The van der Waals surface area contributed by atoms with E-state index in [0.717, 1.165) is 4.90 Å². The molecule has 3 fully saturated rings. The Morgan fingerprint density at radius 2 is 0.983 bits per heavy atom. The molecule has 4 heterocycles. The standard InChI is InChI=1S/C74H113N23O22/c1-39(2)28-49(70(115)97-27-13-20-53(97)72(117)96-26-11-18-51(96)68(113)84-37-58(102)94-61(40(3)4)73(118)119)93-67(112)48(31-59(103)104)91-66(111)46(29-41-14-6-5-7-15-41)90-65(110)43(16-8-9-23-75)87-56(100)35-83-63(108)47(30-42-34-80-38-85-42)92-69(114)52-19-12-25-95(52)71(116)50(32-60(105)106)88-57(101)36-82-62(107)45(21-22-54(77)98)89-64(109)44(86-55(99)33-76)17-10-24-81-74(78)79/h5-7,14-15,34,38-40,43-53,61H,8-13,16-33,35-37,75-76H2,1-4H3,(H2,77,98)(H,80,85)(H,82,107)(H,83,108)(H,84,113)(H,86,99)(H,87,100)(H,88,101)(H,89,109)(H,90,110)(H,91,111)(H,92,114)(H,93,112)(H,94,102)(H,103,104)(H,105,106)(H,118,119)(H4,78,79,81)/t43-,44-,45-,46-,47-,48-,49-,50-,51-,52-,53-,61-/m0/s1. The van der Waals surface area contributed by atoms with Gasteiger partial charge in [-0.1, -0.05) is 58.0 Å². The van der Waals surface area contributed by atoms with Crippen molar-refractivity contribution in [1.82, 2.24) is 93.8 Å². The Morgan fingerprint density at radius 3 is 1.54 bits per heavy atom. The van der Waals surface area contributed by atoms with E-state index in [2.05, 4.69) is 79.1 Å². The summed E-state index contributed by atoms with van der Waals surface area (Å²) in [5.74, 6) is -20.2. The van der Waals surface area contributed by atoms with Crippen LogP contribution in [0.4, 0.5) is 0 Å². The quantitative estimate of drug-likeness (QED) is 0.0166. The van der Waals surface area contributed by atoms with E-state index in [-0.39, 0.29) is 121 Å². The van der Waals surface area contributed by atoms with Crippen LogP contribution in [0.15, 0.2) is 42.9 Å². The highest BCUT2D eigenvalue weighted by molar-refractivity contribution is 6.01. The van der Waals surface area contributed by atoms with E-state index in [0.29, 0.717) is 24.8 Å². The zero-order chi connectivity index (χ0) is 88.2. The Kier molecular flexibility index (Phi) is 39.9. The Labute approximate surface area is 685 Å². The minimum atomic E-state index is -1.91. The lowest BCUT2D eigenvalue weighted by Crippen LogP contribution is -2.60. The van der Waals surface area contributed by atoms with E-state index < -0.39 is 243 Å². The number of carboxylic acid groups (broad SMARTS) is 3. The smallest absolute Gasteiger partial charge is 0.326 e. The molecule has 656 valence electrons. The minimum absolute atomic E-state index is 0.0411. The lowest BCUT2D eigenvalue weighted by molar-refractivity contribution is -0.148. The first-order valence-corrected chi connectivity index (χ1v) is 39.3. The summed E-state index contributed by atoms with van der Waals surface area (Å²) >= 11 is 0. The average Bonchev–Trinajstić information content (AvgIpc) is 1.68. The third-order valence-corrected chi connectivity index (χ3v) is 19.6. The summed E-state index contributed by atoms with van der Waals surface area (Å²) in [7, 11) is 0. The van der Waals surface area contributed by atoms with E-state index >= 15 is 0 Å². The maximum Gasteiger partial charge on any atom is 0.326 e. The molecule has 0 aliphatic carbocycles. The van der Waals surface area contributed by atoms with Gasteiger partial charge in [0.2, 0.25) is 94.5 Å². The van der Waals surface area contributed by atoms with Crippen LogP contribution in [0.3, 0.4) is 0 Å². The van der Waals surface area contributed by atoms with Gasteiger partial charge < -0.3 is 127 Å². The fourth-order valence-electron chi connectivity index (χ4n) is 13.6. The number of hydrogen-bond donors (Lipinski definition) is 22. The van der Waals surface area contributed by atoms with E-state index in [1.807, 2.05) is 0 Å². The number of aromatic amines is 1. The zero-order valence-corrected chi connectivity index (χ0v) is 66.9. The van der Waals surface area contributed by atoms with Crippen molar-refractivity contribution in [3.63, 3.8) is 0 Å². The number of carboxylic acids is 3. The second kappa shape index (κ2) is 48.9. The van der Waals surface area contributed by atoms with Crippen molar-refractivity contribution >= 4 is 118 Å². The molecule has 3 saturated heterocycles. The summed E-state index contributed by atoms with van der Waals surface area (Å²) in [5, 5.41) is 68.7. The number of primary amides is 1. The molecule has 0 unspecified atom stereocenters. The summed E-state index contributed by atoms with van der Waals surface area (Å²) in [6, 6.07) is -9.29. The van der Waals surface area contributed by atoms with Gasteiger partial charge in [-0.15, -0.1) is 0 Å². The van der Waals surface area contributed by atoms with Gasteiger partial charge in [-0.3, -0.25) is 91.7 Å². The van der Waals surface area contributed by atoms with Crippen LogP contribution >= 0.6 is 0 Å². The first-order valence-electron chi connectivity index (χ1n) is 39.3. The fourth-order valence-corrected chi connectivity index (χ4v) is 13.6. The highest BCUT2D eigenvalue weighted by Crippen LogP contribution is 2.27. The van der Waals surface area contributed by atoms with Crippen molar-refractivity contribution in [2.45, 2.75) is 216 Å². The summed E-state index contributed by atoms with van der Waals surface area (Å²) in [6.07, 6.45) is 0.868. The molecular formula is C74H113N23O22. The number of carbonyl (C=O) groups is 19. The topological polar surface area (TPSA) is 708 Å². The van der Waals surface area contributed by atoms with Gasteiger partial charge in [0.25, 0.3) is 0 Å². The van der Waals surface area contributed by atoms with Crippen LogP contribution in [0, 0.1) is 17.2 Å². The monoisotopic (exact) mass is 1680 g/mol. The molecule has 0 spiro atoms. The lowest BCUT2D eigenvalue weighted by Gasteiger charge is -2.33. The summed E-state index contributed by atoms with van der Waals surface area (Å²) < 4.78 is 0. The number of nitrogens with zero attached hydrogens (tertiary/aromatic N) is 4. The van der Waals surface area contributed by atoms with Crippen molar-refractivity contribution < 1.29 is 106 Å². The van der Waals surface area contributed by atoms with Gasteiger partial charge in [0.15, 0.2) is 5.96 Å². The molecular weight excluding hydrogens is 1560 g/mol. The molecule has 26 N–H and O–H groups in total. The van der Waals surface area contributed by atoms with Crippen LogP contribution < -0.4 is 92.1 Å². The van der Waals surface area contributed by atoms with Gasteiger partial charge in [0.1, 0.15) is 72.5 Å². The molecule has 0 bridgehead atoms. The van der Waals surface area contributed by atoms with Gasteiger partial charge in [-0.05, 0) is 107 Å². The molecule has 16 amide bonds. The number of benzene rings is 1.